The van der Waals surface area contributed by atoms with Crippen LogP contribution >= 0.6 is 0 Å². The molecule has 0 saturated heterocycles. The molecule has 2 aromatic carbocycles. The van der Waals surface area contributed by atoms with E-state index in [-0.39, 0.29) is 0 Å². The molecule has 3 rings (SSSR count). The standard InChI is InChI=1S/C18H21NO2/c1-20-17-8-10-18(11-9-17)21-13-15-4-2-14(3-5-15)12-19-16-6-7-16/h2-5,8-11,16,19H,6-7,12-13H2,1H3. The van der Waals surface area contributed by atoms with E-state index >= 15 is 0 Å². The third-order valence-electron chi connectivity index (χ3n) is 3.66. The molecule has 3 nitrogen and oxygen atoms in total. The van der Waals surface area contributed by atoms with E-state index in [9.17, 15) is 0 Å². The van der Waals surface area contributed by atoms with Gasteiger partial charge in [-0.2, -0.15) is 0 Å². The highest BCUT2D eigenvalue weighted by atomic mass is 16.5. The summed E-state index contributed by atoms with van der Waals surface area (Å²) < 4.78 is 10.9. The zero-order valence-electron chi connectivity index (χ0n) is 12.3. The van der Waals surface area contributed by atoms with Crippen LogP contribution in [0.2, 0.25) is 0 Å². The summed E-state index contributed by atoms with van der Waals surface area (Å²) in [6.07, 6.45) is 2.65. The Hall–Kier alpha value is -2.00. The molecule has 3 heteroatoms. The minimum Gasteiger partial charge on any atom is -0.497 e. The summed E-state index contributed by atoms with van der Waals surface area (Å²) in [6.45, 7) is 1.55. The molecule has 2 aromatic rings. The van der Waals surface area contributed by atoms with E-state index in [0.717, 1.165) is 24.1 Å². The molecule has 0 spiro atoms. The molecule has 0 amide bonds. The highest BCUT2D eigenvalue weighted by molar-refractivity contribution is 5.31. The average molecular weight is 283 g/mol. The number of ether oxygens (including phenoxy) is 2. The van der Waals surface area contributed by atoms with Crippen molar-refractivity contribution in [1.82, 2.24) is 5.32 Å². The smallest absolute Gasteiger partial charge is 0.120 e. The summed E-state index contributed by atoms with van der Waals surface area (Å²) in [6, 6.07) is 17.0. The molecule has 0 heterocycles. The molecule has 1 aliphatic carbocycles. The normalized spacial score (nSPS) is 14.0. The van der Waals surface area contributed by atoms with Gasteiger partial charge in [0.05, 0.1) is 7.11 Å². The van der Waals surface area contributed by atoms with Gasteiger partial charge in [0.2, 0.25) is 0 Å². The number of methoxy groups -OCH3 is 1. The van der Waals surface area contributed by atoms with Gasteiger partial charge in [-0.05, 0) is 48.2 Å². The molecular weight excluding hydrogens is 262 g/mol. The van der Waals surface area contributed by atoms with Gasteiger partial charge in [-0.3, -0.25) is 0 Å². The molecule has 0 atom stereocenters. The maximum absolute atomic E-state index is 5.77. The van der Waals surface area contributed by atoms with E-state index in [0.29, 0.717) is 6.61 Å². The molecule has 0 bridgehead atoms. The van der Waals surface area contributed by atoms with Crippen LogP contribution in [0.25, 0.3) is 0 Å². The van der Waals surface area contributed by atoms with Crippen LogP contribution in [0.3, 0.4) is 0 Å². The van der Waals surface area contributed by atoms with E-state index in [1.165, 1.54) is 24.0 Å². The lowest BCUT2D eigenvalue weighted by Crippen LogP contribution is -2.15. The summed E-state index contributed by atoms with van der Waals surface area (Å²) in [5.74, 6) is 1.70. The zero-order valence-corrected chi connectivity index (χ0v) is 12.3. The topological polar surface area (TPSA) is 30.5 Å². The minimum absolute atomic E-state index is 0.586. The van der Waals surface area contributed by atoms with Gasteiger partial charge in [0.25, 0.3) is 0 Å². The average Bonchev–Trinajstić information content (AvgIpc) is 3.37. The Labute approximate surface area is 125 Å². The van der Waals surface area contributed by atoms with E-state index in [1.54, 1.807) is 7.11 Å². The van der Waals surface area contributed by atoms with E-state index in [1.807, 2.05) is 24.3 Å². The highest BCUT2D eigenvalue weighted by Gasteiger charge is 2.19. The fourth-order valence-corrected chi connectivity index (χ4v) is 2.14. The Morgan fingerprint density at radius 1 is 0.905 bits per heavy atom. The number of hydrogen-bond acceptors (Lipinski definition) is 3. The summed E-state index contributed by atoms with van der Waals surface area (Å²) in [5, 5.41) is 3.52. The van der Waals surface area contributed by atoms with Gasteiger partial charge in [-0.1, -0.05) is 24.3 Å². The fourth-order valence-electron chi connectivity index (χ4n) is 2.14. The second-order valence-corrected chi connectivity index (χ2v) is 5.44. The summed E-state index contributed by atoms with van der Waals surface area (Å²) in [4.78, 5) is 0. The monoisotopic (exact) mass is 283 g/mol. The maximum Gasteiger partial charge on any atom is 0.120 e. The summed E-state index contributed by atoms with van der Waals surface area (Å²) in [7, 11) is 1.66. The second kappa shape index (κ2) is 6.64. The molecule has 0 aliphatic heterocycles. The first-order valence-corrected chi connectivity index (χ1v) is 7.41. The van der Waals surface area contributed by atoms with Crippen molar-refractivity contribution < 1.29 is 9.47 Å². The Kier molecular flexibility index (Phi) is 4.41. The van der Waals surface area contributed by atoms with Crippen molar-refractivity contribution in [2.75, 3.05) is 7.11 Å². The second-order valence-electron chi connectivity index (χ2n) is 5.44. The number of nitrogens with one attached hydrogen (secondary N) is 1. The molecule has 1 aliphatic rings. The van der Waals surface area contributed by atoms with Gasteiger partial charge in [0.15, 0.2) is 0 Å². The number of rotatable bonds is 7. The molecule has 21 heavy (non-hydrogen) atoms. The van der Waals surface area contributed by atoms with Gasteiger partial charge < -0.3 is 14.8 Å². The first-order chi connectivity index (χ1) is 10.3. The lowest BCUT2D eigenvalue weighted by Gasteiger charge is -2.08. The summed E-state index contributed by atoms with van der Waals surface area (Å²) in [5.41, 5.74) is 2.51. The quantitative estimate of drug-likeness (QED) is 0.843. The minimum atomic E-state index is 0.586. The summed E-state index contributed by atoms with van der Waals surface area (Å²) >= 11 is 0. The Morgan fingerprint density at radius 2 is 1.52 bits per heavy atom. The van der Waals surface area contributed by atoms with Gasteiger partial charge >= 0.3 is 0 Å². The Balaban J connectivity index is 1.49. The van der Waals surface area contributed by atoms with Crippen molar-refractivity contribution >= 4 is 0 Å². The van der Waals surface area contributed by atoms with Gasteiger partial charge in [-0.25, -0.2) is 0 Å². The number of benzene rings is 2. The molecule has 1 saturated carbocycles. The molecule has 1 N–H and O–H groups in total. The van der Waals surface area contributed by atoms with E-state index < -0.39 is 0 Å². The van der Waals surface area contributed by atoms with Crippen LogP contribution in [0.5, 0.6) is 11.5 Å². The van der Waals surface area contributed by atoms with Crippen molar-refractivity contribution in [3.63, 3.8) is 0 Å². The lowest BCUT2D eigenvalue weighted by molar-refractivity contribution is 0.305. The van der Waals surface area contributed by atoms with Crippen LogP contribution in [0.15, 0.2) is 48.5 Å². The molecule has 0 radical (unpaired) electrons. The van der Waals surface area contributed by atoms with E-state index in [4.69, 9.17) is 9.47 Å². The molecule has 1 fully saturated rings. The lowest BCUT2D eigenvalue weighted by atomic mass is 10.1. The van der Waals surface area contributed by atoms with Crippen LogP contribution in [0, 0.1) is 0 Å². The molecule has 0 aromatic heterocycles. The van der Waals surface area contributed by atoms with Crippen LogP contribution < -0.4 is 14.8 Å². The van der Waals surface area contributed by atoms with Gasteiger partial charge in [0.1, 0.15) is 18.1 Å². The third-order valence-corrected chi connectivity index (χ3v) is 3.66. The van der Waals surface area contributed by atoms with Crippen molar-refractivity contribution in [1.29, 1.82) is 0 Å². The first-order valence-electron chi connectivity index (χ1n) is 7.41. The van der Waals surface area contributed by atoms with Crippen LogP contribution in [0.1, 0.15) is 24.0 Å². The third kappa shape index (κ3) is 4.23. The predicted octanol–water partition coefficient (Wildman–Crippen LogP) is 3.53. The van der Waals surface area contributed by atoms with Crippen LogP contribution in [-0.4, -0.2) is 13.2 Å². The zero-order chi connectivity index (χ0) is 14.5. The Bertz CT molecular complexity index is 559. The SMILES string of the molecule is COc1ccc(OCc2ccc(CNC3CC3)cc2)cc1. The Morgan fingerprint density at radius 3 is 2.14 bits per heavy atom. The first kappa shape index (κ1) is 14.0. The molecular formula is C18H21NO2. The maximum atomic E-state index is 5.77. The van der Waals surface area contributed by atoms with Crippen molar-refractivity contribution in [3.8, 4) is 11.5 Å². The van der Waals surface area contributed by atoms with Crippen LogP contribution in [0.4, 0.5) is 0 Å². The number of hydrogen-bond donors (Lipinski definition) is 1. The van der Waals surface area contributed by atoms with Gasteiger partial charge in [0, 0.05) is 12.6 Å². The largest absolute Gasteiger partial charge is 0.497 e. The van der Waals surface area contributed by atoms with E-state index in [2.05, 4.69) is 29.6 Å². The van der Waals surface area contributed by atoms with Crippen molar-refractivity contribution in [2.45, 2.75) is 32.0 Å². The van der Waals surface area contributed by atoms with Crippen molar-refractivity contribution in [2.24, 2.45) is 0 Å². The molecule has 110 valence electrons. The fraction of sp³-hybridized carbons (Fsp3) is 0.333. The van der Waals surface area contributed by atoms with Crippen molar-refractivity contribution in [3.05, 3.63) is 59.7 Å². The van der Waals surface area contributed by atoms with Crippen LogP contribution in [-0.2, 0) is 13.2 Å². The highest BCUT2D eigenvalue weighted by Crippen LogP contribution is 2.20. The predicted molar refractivity (Wildman–Crippen MR) is 83.6 cm³/mol. The molecule has 0 unspecified atom stereocenters. The van der Waals surface area contributed by atoms with Gasteiger partial charge in [-0.15, -0.1) is 0 Å².